The van der Waals surface area contributed by atoms with Gasteiger partial charge in [0.25, 0.3) is 0 Å². The third-order valence-electron chi connectivity index (χ3n) is 3.20. The lowest BCUT2D eigenvalue weighted by atomic mass is 10.2. The quantitative estimate of drug-likeness (QED) is 0.639. The van der Waals surface area contributed by atoms with Crippen LogP contribution >= 0.6 is 11.8 Å². The van der Waals surface area contributed by atoms with Gasteiger partial charge in [-0.05, 0) is 19.1 Å². The first kappa shape index (κ1) is 15.5. The summed E-state index contributed by atoms with van der Waals surface area (Å²) in [5.41, 5.74) is 0.658. The number of rotatable bonds is 4. The molecule has 2 heterocycles. The van der Waals surface area contributed by atoms with Crippen molar-refractivity contribution in [3.63, 3.8) is 0 Å². The Labute approximate surface area is 137 Å². The standard InChI is InChI=1S/C14H17N5O3S/c1-9-17-18-14(19(9)15)23-8-13(20)16-10-3-4-11-12(7-10)22-6-2-5-21-11/h3-4,7H,2,5-6,8,15H2,1H3,(H,16,20). The number of thioether (sulfide) groups is 1. The van der Waals surface area contributed by atoms with Gasteiger partial charge in [-0.2, -0.15) is 0 Å². The van der Waals surface area contributed by atoms with Crippen LogP contribution in [0, 0.1) is 6.92 Å². The number of aromatic nitrogens is 3. The summed E-state index contributed by atoms with van der Waals surface area (Å²) >= 11 is 1.22. The van der Waals surface area contributed by atoms with Crippen molar-refractivity contribution >= 4 is 23.4 Å². The van der Waals surface area contributed by atoms with Crippen LogP contribution in [0.3, 0.4) is 0 Å². The molecule has 1 aromatic carbocycles. The van der Waals surface area contributed by atoms with Crippen molar-refractivity contribution in [1.82, 2.24) is 14.9 Å². The van der Waals surface area contributed by atoms with E-state index < -0.39 is 0 Å². The number of carbonyl (C=O) groups is 1. The van der Waals surface area contributed by atoms with Gasteiger partial charge in [-0.3, -0.25) is 4.79 Å². The molecule has 9 heteroatoms. The van der Waals surface area contributed by atoms with E-state index in [1.54, 1.807) is 25.1 Å². The molecule has 2 aromatic rings. The van der Waals surface area contributed by atoms with Gasteiger partial charge in [-0.25, -0.2) is 4.68 Å². The van der Waals surface area contributed by atoms with Gasteiger partial charge in [0, 0.05) is 18.2 Å². The van der Waals surface area contributed by atoms with Gasteiger partial charge in [-0.15, -0.1) is 10.2 Å². The van der Waals surface area contributed by atoms with Gasteiger partial charge < -0.3 is 20.6 Å². The highest BCUT2D eigenvalue weighted by atomic mass is 32.2. The number of hydrogen-bond donors (Lipinski definition) is 2. The zero-order valence-corrected chi connectivity index (χ0v) is 13.4. The van der Waals surface area contributed by atoms with E-state index in [2.05, 4.69) is 15.5 Å². The molecule has 0 spiro atoms. The number of nitrogens with zero attached hydrogens (tertiary/aromatic N) is 3. The number of nitrogens with one attached hydrogen (secondary N) is 1. The minimum Gasteiger partial charge on any atom is -0.490 e. The molecule has 1 aliphatic rings. The Morgan fingerprint density at radius 2 is 2.13 bits per heavy atom. The molecule has 0 bridgehead atoms. The number of anilines is 1. The third-order valence-corrected chi connectivity index (χ3v) is 4.14. The number of benzene rings is 1. The zero-order valence-electron chi connectivity index (χ0n) is 12.6. The summed E-state index contributed by atoms with van der Waals surface area (Å²) in [5, 5.41) is 11.0. The van der Waals surface area contributed by atoms with E-state index in [0.29, 0.717) is 41.4 Å². The van der Waals surface area contributed by atoms with Gasteiger partial charge in [0.05, 0.1) is 19.0 Å². The van der Waals surface area contributed by atoms with Crippen LogP contribution in [0.15, 0.2) is 23.4 Å². The van der Waals surface area contributed by atoms with Crippen molar-refractivity contribution in [3.8, 4) is 11.5 Å². The highest BCUT2D eigenvalue weighted by molar-refractivity contribution is 7.99. The topological polar surface area (TPSA) is 104 Å². The Morgan fingerprint density at radius 1 is 1.35 bits per heavy atom. The van der Waals surface area contributed by atoms with Crippen molar-refractivity contribution in [1.29, 1.82) is 0 Å². The van der Waals surface area contributed by atoms with Crippen molar-refractivity contribution in [3.05, 3.63) is 24.0 Å². The van der Waals surface area contributed by atoms with E-state index in [9.17, 15) is 4.79 Å². The number of amides is 1. The lowest BCUT2D eigenvalue weighted by molar-refractivity contribution is -0.113. The SMILES string of the molecule is Cc1nnc(SCC(=O)Nc2ccc3c(c2)OCCCO3)n1N. The molecule has 122 valence electrons. The van der Waals surface area contributed by atoms with Crippen molar-refractivity contribution in [2.45, 2.75) is 18.5 Å². The van der Waals surface area contributed by atoms with Crippen LogP contribution in [0.1, 0.15) is 12.2 Å². The maximum atomic E-state index is 12.0. The van der Waals surface area contributed by atoms with Gasteiger partial charge in [0.1, 0.15) is 5.82 Å². The second kappa shape index (κ2) is 6.78. The smallest absolute Gasteiger partial charge is 0.234 e. The molecule has 0 saturated heterocycles. The van der Waals surface area contributed by atoms with Crippen LogP contribution in [-0.2, 0) is 4.79 Å². The van der Waals surface area contributed by atoms with E-state index in [0.717, 1.165) is 6.42 Å². The van der Waals surface area contributed by atoms with Crippen molar-refractivity contribution < 1.29 is 14.3 Å². The predicted octanol–water partition coefficient (Wildman–Crippen LogP) is 1.19. The summed E-state index contributed by atoms with van der Waals surface area (Å²) in [6.07, 6.45) is 0.839. The maximum absolute atomic E-state index is 12.0. The molecule has 0 aliphatic carbocycles. The number of nitrogen functional groups attached to an aromatic ring is 1. The number of fused-ring (bicyclic) bond motifs is 1. The lowest BCUT2D eigenvalue weighted by Gasteiger charge is -2.10. The molecular weight excluding hydrogens is 318 g/mol. The Morgan fingerprint density at radius 3 is 2.87 bits per heavy atom. The normalized spacial score (nSPS) is 13.4. The largest absolute Gasteiger partial charge is 0.490 e. The van der Waals surface area contributed by atoms with Crippen LogP contribution < -0.4 is 20.6 Å². The second-order valence-electron chi connectivity index (χ2n) is 4.95. The van der Waals surface area contributed by atoms with Gasteiger partial charge in [0.15, 0.2) is 11.5 Å². The Balaban J connectivity index is 1.59. The summed E-state index contributed by atoms with van der Waals surface area (Å²) in [6, 6.07) is 5.34. The zero-order chi connectivity index (χ0) is 16.2. The number of hydrogen-bond acceptors (Lipinski definition) is 7. The number of aryl methyl sites for hydroxylation is 1. The first-order valence-corrected chi connectivity index (χ1v) is 8.11. The van der Waals surface area contributed by atoms with E-state index >= 15 is 0 Å². The van der Waals surface area contributed by atoms with E-state index in [-0.39, 0.29) is 11.7 Å². The van der Waals surface area contributed by atoms with Gasteiger partial charge in [0.2, 0.25) is 11.1 Å². The molecule has 0 saturated carbocycles. The minimum absolute atomic E-state index is 0.162. The summed E-state index contributed by atoms with van der Waals surface area (Å²) in [5.74, 6) is 7.70. The fourth-order valence-corrected chi connectivity index (χ4v) is 2.72. The molecule has 0 fully saturated rings. The molecule has 23 heavy (non-hydrogen) atoms. The van der Waals surface area contributed by atoms with Gasteiger partial charge in [-0.1, -0.05) is 11.8 Å². The first-order chi connectivity index (χ1) is 11.1. The van der Waals surface area contributed by atoms with Crippen molar-refractivity contribution in [2.24, 2.45) is 0 Å². The Bertz CT molecular complexity index is 718. The van der Waals surface area contributed by atoms with Crippen LogP contribution in [0.25, 0.3) is 0 Å². The number of nitrogens with two attached hydrogens (primary N) is 1. The van der Waals surface area contributed by atoms with Crippen LogP contribution in [-0.4, -0.2) is 39.7 Å². The number of carbonyl (C=O) groups excluding carboxylic acids is 1. The maximum Gasteiger partial charge on any atom is 0.234 e. The third kappa shape index (κ3) is 3.67. The van der Waals surface area contributed by atoms with E-state index in [1.165, 1.54) is 16.4 Å². The summed E-state index contributed by atoms with van der Waals surface area (Å²) in [4.78, 5) is 12.0. The molecular formula is C14H17N5O3S. The molecule has 1 aromatic heterocycles. The molecule has 3 rings (SSSR count). The van der Waals surface area contributed by atoms with Crippen LogP contribution in [0.2, 0.25) is 0 Å². The number of ether oxygens (including phenoxy) is 2. The Kier molecular flexibility index (Phi) is 4.56. The average molecular weight is 335 g/mol. The van der Waals surface area contributed by atoms with Crippen molar-refractivity contribution in [2.75, 3.05) is 30.1 Å². The minimum atomic E-state index is -0.162. The molecule has 0 unspecified atom stereocenters. The highest BCUT2D eigenvalue weighted by Gasteiger charge is 2.13. The summed E-state index contributed by atoms with van der Waals surface area (Å²) in [7, 11) is 0. The fraction of sp³-hybridized carbons (Fsp3) is 0.357. The highest BCUT2D eigenvalue weighted by Crippen LogP contribution is 2.32. The Hall–Kier alpha value is -2.42. The molecule has 0 atom stereocenters. The second-order valence-corrected chi connectivity index (χ2v) is 5.89. The van der Waals surface area contributed by atoms with Crippen LogP contribution in [0.5, 0.6) is 11.5 Å². The van der Waals surface area contributed by atoms with Gasteiger partial charge >= 0.3 is 0 Å². The van der Waals surface area contributed by atoms with E-state index in [4.69, 9.17) is 15.3 Å². The summed E-state index contributed by atoms with van der Waals surface area (Å²) < 4.78 is 12.5. The lowest BCUT2D eigenvalue weighted by Crippen LogP contribution is -2.16. The first-order valence-electron chi connectivity index (χ1n) is 7.13. The summed E-state index contributed by atoms with van der Waals surface area (Å²) in [6.45, 7) is 2.98. The molecule has 0 radical (unpaired) electrons. The van der Waals surface area contributed by atoms with Crippen LogP contribution in [0.4, 0.5) is 5.69 Å². The molecule has 8 nitrogen and oxygen atoms in total. The fourth-order valence-electron chi connectivity index (χ4n) is 2.02. The monoisotopic (exact) mass is 335 g/mol. The molecule has 1 aliphatic heterocycles. The predicted molar refractivity (Wildman–Crippen MR) is 86.3 cm³/mol. The molecule has 1 amide bonds. The van der Waals surface area contributed by atoms with E-state index in [1.807, 2.05) is 0 Å². The average Bonchev–Trinajstić information content (AvgIpc) is 2.75. The molecule has 3 N–H and O–H groups in total.